The summed E-state index contributed by atoms with van der Waals surface area (Å²) in [6.07, 6.45) is 3.27. The lowest BCUT2D eigenvalue weighted by molar-refractivity contribution is -0.0731. The van der Waals surface area contributed by atoms with E-state index in [1.807, 2.05) is 6.07 Å². The van der Waals surface area contributed by atoms with Crippen molar-refractivity contribution >= 4 is 5.97 Å². The lowest BCUT2D eigenvalue weighted by Gasteiger charge is -2.56. The van der Waals surface area contributed by atoms with Crippen LogP contribution in [0.5, 0.6) is 5.75 Å². The molecule has 0 bridgehead atoms. The van der Waals surface area contributed by atoms with Crippen LogP contribution in [-0.4, -0.2) is 29.4 Å². The summed E-state index contributed by atoms with van der Waals surface area (Å²) in [5, 5.41) is 19.9. The molecule has 0 heterocycles. The summed E-state index contributed by atoms with van der Waals surface area (Å²) >= 11 is 0. The van der Waals surface area contributed by atoms with E-state index in [4.69, 9.17) is 4.74 Å². The van der Waals surface area contributed by atoms with Gasteiger partial charge in [-0.2, -0.15) is 0 Å². The normalized spacial score (nSPS) is 31.9. The molecule has 0 amide bonds. The third-order valence-corrected chi connectivity index (χ3v) is 6.44. The number of rotatable bonds is 2. The monoisotopic (exact) mass is 318 g/mol. The molecule has 126 valence electrons. The Kier molecular flexibility index (Phi) is 3.71. The lowest BCUT2D eigenvalue weighted by atomic mass is 9.49. The van der Waals surface area contributed by atoms with Crippen molar-refractivity contribution in [2.45, 2.75) is 58.0 Å². The van der Waals surface area contributed by atoms with Crippen molar-refractivity contribution in [1.82, 2.24) is 0 Å². The fraction of sp³-hybridized carbons (Fsp3) is 0.632. The second-order valence-corrected chi connectivity index (χ2v) is 7.90. The van der Waals surface area contributed by atoms with Crippen LogP contribution in [0.1, 0.15) is 61.5 Å². The summed E-state index contributed by atoms with van der Waals surface area (Å²) in [5.41, 5.74) is 2.39. The Morgan fingerprint density at radius 3 is 2.57 bits per heavy atom. The SMILES string of the molecule is COc1cc2c(cc1C(=O)O)CCC1C(C)(C)C(O)CC[C@]21C. The van der Waals surface area contributed by atoms with Crippen molar-refractivity contribution < 1.29 is 19.7 Å². The number of carboxylic acids is 1. The molecule has 0 saturated heterocycles. The highest BCUT2D eigenvalue weighted by Gasteiger charge is 2.53. The van der Waals surface area contributed by atoms with Crippen molar-refractivity contribution in [2.75, 3.05) is 7.11 Å². The highest BCUT2D eigenvalue weighted by Crippen LogP contribution is 2.57. The number of aliphatic hydroxyl groups is 1. The largest absolute Gasteiger partial charge is 0.496 e. The summed E-state index contributed by atoms with van der Waals surface area (Å²) < 4.78 is 5.34. The predicted molar refractivity (Wildman–Crippen MR) is 88.1 cm³/mol. The molecule has 4 nitrogen and oxygen atoms in total. The Hall–Kier alpha value is -1.55. The zero-order valence-corrected chi connectivity index (χ0v) is 14.3. The van der Waals surface area contributed by atoms with Crippen LogP contribution < -0.4 is 4.74 Å². The van der Waals surface area contributed by atoms with Gasteiger partial charge < -0.3 is 14.9 Å². The Balaban J connectivity index is 2.15. The summed E-state index contributed by atoms with van der Waals surface area (Å²) in [7, 11) is 1.52. The zero-order valence-electron chi connectivity index (χ0n) is 14.3. The highest BCUT2D eigenvalue weighted by molar-refractivity contribution is 5.91. The average molecular weight is 318 g/mol. The van der Waals surface area contributed by atoms with E-state index in [-0.39, 0.29) is 22.5 Å². The van der Waals surface area contributed by atoms with E-state index in [1.54, 1.807) is 6.07 Å². The first kappa shape index (κ1) is 16.3. The number of carbonyl (C=O) groups is 1. The van der Waals surface area contributed by atoms with Gasteiger partial charge in [0.15, 0.2) is 0 Å². The average Bonchev–Trinajstić information content (AvgIpc) is 2.50. The molecule has 1 aromatic rings. The van der Waals surface area contributed by atoms with Crippen molar-refractivity contribution in [3.8, 4) is 5.75 Å². The predicted octanol–water partition coefficient (Wildman–Crippen LogP) is 3.39. The fourth-order valence-corrected chi connectivity index (χ4v) is 5.05. The lowest BCUT2D eigenvalue weighted by Crippen LogP contribution is -2.53. The minimum absolute atomic E-state index is 0.0410. The summed E-state index contributed by atoms with van der Waals surface area (Å²) in [5.74, 6) is -0.134. The van der Waals surface area contributed by atoms with E-state index in [9.17, 15) is 15.0 Å². The Morgan fingerprint density at radius 1 is 1.26 bits per heavy atom. The number of ether oxygens (including phenoxy) is 1. The first-order valence-corrected chi connectivity index (χ1v) is 8.34. The summed E-state index contributed by atoms with van der Waals surface area (Å²) in [6, 6.07) is 3.72. The molecule has 0 spiro atoms. The first-order chi connectivity index (χ1) is 10.7. The van der Waals surface area contributed by atoms with Crippen LogP contribution in [0.15, 0.2) is 12.1 Å². The first-order valence-electron chi connectivity index (χ1n) is 8.34. The minimum atomic E-state index is -0.948. The van der Waals surface area contributed by atoms with Gasteiger partial charge in [-0.15, -0.1) is 0 Å². The molecule has 1 fully saturated rings. The Morgan fingerprint density at radius 2 is 1.96 bits per heavy atom. The Labute approximate surface area is 137 Å². The van der Waals surface area contributed by atoms with Crippen LogP contribution in [0.4, 0.5) is 0 Å². The topological polar surface area (TPSA) is 66.8 Å². The number of methoxy groups -OCH3 is 1. The molecule has 0 radical (unpaired) electrons. The smallest absolute Gasteiger partial charge is 0.339 e. The van der Waals surface area contributed by atoms with Gasteiger partial charge in [0, 0.05) is 0 Å². The number of hydrogen-bond acceptors (Lipinski definition) is 3. The third kappa shape index (κ3) is 2.26. The van der Waals surface area contributed by atoms with Crippen LogP contribution in [0.3, 0.4) is 0 Å². The van der Waals surface area contributed by atoms with E-state index in [2.05, 4.69) is 20.8 Å². The van der Waals surface area contributed by atoms with Crippen LogP contribution in [0.2, 0.25) is 0 Å². The maximum absolute atomic E-state index is 11.5. The van der Waals surface area contributed by atoms with Gasteiger partial charge in [0.2, 0.25) is 0 Å². The van der Waals surface area contributed by atoms with Gasteiger partial charge in [-0.1, -0.05) is 20.8 Å². The molecule has 1 aromatic carbocycles. The van der Waals surface area contributed by atoms with E-state index >= 15 is 0 Å². The van der Waals surface area contributed by atoms with Gasteiger partial charge in [-0.05, 0) is 65.7 Å². The second kappa shape index (κ2) is 5.23. The molecule has 2 aliphatic carbocycles. The molecule has 0 aromatic heterocycles. The van der Waals surface area contributed by atoms with E-state index in [1.165, 1.54) is 12.7 Å². The van der Waals surface area contributed by atoms with Crippen molar-refractivity contribution in [3.63, 3.8) is 0 Å². The van der Waals surface area contributed by atoms with Crippen molar-refractivity contribution in [2.24, 2.45) is 11.3 Å². The van der Waals surface area contributed by atoms with E-state index in [0.29, 0.717) is 11.7 Å². The maximum Gasteiger partial charge on any atom is 0.339 e. The van der Waals surface area contributed by atoms with Crippen LogP contribution in [0, 0.1) is 11.3 Å². The molecule has 3 atom stereocenters. The van der Waals surface area contributed by atoms with Gasteiger partial charge in [0.1, 0.15) is 11.3 Å². The molecular weight excluding hydrogens is 292 g/mol. The molecular formula is C19H26O4. The quantitative estimate of drug-likeness (QED) is 0.877. The van der Waals surface area contributed by atoms with Gasteiger partial charge >= 0.3 is 5.97 Å². The van der Waals surface area contributed by atoms with Crippen LogP contribution in [-0.2, 0) is 11.8 Å². The van der Waals surface area contributed by atoms with Crippen LogP contribution in [0.25, 0.3) is 0 Å². The Bertz CT molecular complexity index is 649. The molecule has 2 unspecified atom stereocenters. The minimum Gasteiger partial charge on any atom is -0.496 e. The van der Waals surface area contributed by atoms with Crippen molar-refractivity contribution in [1.29, 1.82) is 0 Å². The zero-order chi connectivity index (χ0) is 17.0. The third-order valence-electron chi connectivity index (χ3n) is 6.44. The second-order valence-electron chi connectivity index (χ2n) is 7.90. The molecule has 2 aliphatic rings. The highest BCUT2D eigenvalue weighted by atomic mass is 16.5. The number of aromatic carboxylic acids is 1. The maximum atomic E-state index is 11.5. The summed E-state index contributed by atoms with van der Waals surface area (Å²) in [6.45, 7) is 6.59. The molecule has 3 rings (SSSR count). The number of fused-ring (bicyclic) bond motifs is 3. The standard InChI is InChI=1S/C19H26O4/c1-18(2)15-6-5-11-9-12(17(21)22)14(23-4)10-13(11)19(15,3)8-7-16(18)20/h9-10,15-16,20H,5-8H2,1-4H3,(H,21,22)/t15?,16?,19-/m1/s1. The molecule has 2 N–H and O–H groups in total. The van der Waals surface area contributed by atoms with Gasteiger partial charge in [0.05, 0.1) is 13.2 Å². The fourth-order valence-electron chi connectivity index (χ4n) is 5.05. The molecule has 23 heavy (non-hydrogen) atoms. The molecule has 0 aliphatic heterocycles. The van der Waals surface area contributed by atoms with Crippen molar-refractivity contribution in [3.05, 3.63) is 28.8 Å². The van der Waals surface area contributed by atoms with Gasteiger partial charge in [-0.25, -0.2) is 4.79 Å². The number of benzene rings is 1. The molecule has 1 saturated carbocycles. The number of aryl methyl sites for hydroxylation is 1. The molecule has 4 heteroatoms. The number of hydrogen-bond donors (Lipinski definition) is 2. The number of aliphatic hydroxyl groups excluding tert-OH is 1. The van der Waals surface area contributed by atoms with Crippen LogP contribution >= 0.6 is 0 Å². The van der Waals surface area contributed by atoms with Gasteiger partial charge in [0.25, 0.3) is 0 Å². The van der Waals surface area contributed by atoms with E-state index < -0.39 is 5.97 Å². The van der Waals surface area contributed by atoms with E-state index in [0.717, 1.165) is 31.2 Å². The number of carboxylic acid groups (broad SMARTS) is 1. The summed E-state index contributed by atoms with van der Waals surface area (Å²) in [4.78, 5) is 11.5. The van der Waals surface area contributed by atoms with Gasteiger partial charge in [-0.3, -0.25) is 0 Å².